The van der Waals surface area contributed by atoms with Crippen LogP contribution in [0.1, 0.15) is 35.0 Å². The predicted molar refractivity (Wildman–Crippen MR) is 103 cm³/mol. The summed E-state index contributed by atoms with van der Waals surface area (Å²) in [6, 6.07) is 4.26. The number of halogens is 3. The zero-order chi connectivity index (χ0) is 21.3. The van der Waals surface area contributed by atoms with Crippen molar-refractivity contribution in [3.05, 3.63) is 59.4 Å². The quantitative estimate of drug-likeness (QED) is 0.630. The van der Waals surface area contributed by atoms with Crippen LogP contribution in [0, 0.1) is 12.8 Å². The molecular formula is C20H21F3N6O. The van der Waals surface area contributed by atoms with Gasteiger partial charge in [-0.25, -0.2) is 4.98 Å². The maximum atomic E-state index is 12.7. The molecule has 1 aliphatic rings. The summed E-state index contributed by atoms with van der Waals surface area (Å²) in [5.41, 5.74) is 0.956. The number of alkyl halides is 3. The smallest absolute Gasteiger partial charge is 0.417 e. The fourth-order valence-electron chi connectivity index (χ4n) is 3.24. The van der Waals surface area contributed by atoms with Crippen molar-refractivity contribution in [1.29, 1.82) is 0 Å². The van der Waals surface area contributed by atoms with Gasteiger partial charge in [-0.15, -0.1) is 0 Å². The summed E-state index contributed by atoms with van der Waals surface area (Å²) < 4.78 is 45.5. The second kappa shape index (κ2) is 7.92. The van der Waals surface area contributed by atoms with Crippen LogP contribution in [-0.4, -0.2) is 31.3 Å². The number of hydrogen-bond acceptors (Lipinski definition) is 6. The number of rotatable bonds is 7. The van der Waals surface area contributed by atoms with Crippen LogP contribution in [0.4, 0.5) is 19.0 Å². The molecule has 0 aliphatic heterocycles. The zero-order valence-corrected chi connectivity index (χ0v) is 16.5. The first-order valence-corrected chi connectivity index (χ1v) is 9.51. The van der Waals surface area contributed by atoms with Gasteiger partial charge in [0.1, 0.15) is 11.6 Å². The molecule has 3 aromatic rings. The van der Waals surface area contributed by atoms with Gasteiger partial charge in [-0.2, -0.15) is 23.3 Å². The average molecular weight is 418 g/mol. The Labute approximate surface area is 171 Å². The van der Waals surface area contributed by atoms with Crippen molar-refractivity contribution in [2.45, 2.75) is 32.0 Å². The van der Waals surface area contributed by atoms with Gasteiger partial charge in [0.2, 0.25) is 5.88 Å². The van der Waals surface area contributed by atoms with Crippen LogP contribution in [-0.2, 0) is 19.8 Å². The molecule has 158 valence electrons. The van der Waals surface area contributed by atoms with Crippen LogP contribution in [0.3, 0.4) is 0 Å². The first-order valence-electron chi connectivity index (χ1n) is 9.51. The van der Waals surface area contributed by atoms with Crippen molar-refractivity contribution < 1.29 is 17.9 Å². The molecule has 1 saturated carbocycles. The van der Waals surface area contributed by atoms with E-state index in [1.807, 2.05) is 13.2 Å². The second-order valence-electron chi connectivity index (χ2n) is 7.40. The first kappa shape index (κ1) is 20.1. The highest BCUT2D eigenvalue weighted by atomic mass is 19.4. The molecule has 3 aromatic heterocycles. The third-order valence-electron chi connectivity index (χ3n) is 4.91. The highest BCUT2D eigenvalue weighted by Crippen LogP contribution is 2.47. The Kier molecular flexibility index (Phi) is 5.31. The van der Waals surface area contributed by atoms with Crippen LogP contribution in [0.25, 0.3) is 0 Å². The first-order chi connectivity index (χ1) is 14.3. The summed E-state index contributed by atoms with van der Waals surface area (Å²) in [7, 11) is 1.86. The van der Waals surface area contributed by atoms with E-state index < -0.39 is 11.7 Å². The number of nitrogens with one attached hydrogen (secondary N) is 1. The minimum atomic E-state index is -4.37. The maximum absolute atomic E-state index is 12.7. The second-order valence-corrected chi connectivity index (χ2v) is 7.40. The van der Waals surface area contributed by atoms with Crippen LogP contribution in [0.15, 0.2) is 36.8 Å². The lowest BCUT2D eigenvalue weighted by molar-refractivity contribution is -0.137. The normalized spacial score (nSPS) is 18.3. The van der Waals surface area contributed by atoms with Crippen LogP contribution < -0.4 is 10.1 Å². The van der Waals surface area contributed by atoms with E-state index in [4.69, 9.17) is 4.74 Å². The average Bonchev–Trinajstić information content (AvgIpc) is 3.36. The molecule has 0 amide bonds. The summed E-state index contributed by atoms with van der Waals surface area (Å²) >= 11 is 0. The van der Waals surface area contributed by atoms with Gasteiger partial charge in [-0.05, 0) is 25.5 Å². The van der Waals surface area contributed by atoms with Gasteiger partial charge in [0.25, 0.3) is 0 Å². The van der Waals surface area contributed by atoms with E-state index in [0.717, 1.165) is 24.2 Å². The topological polar surface area (TPSA) is 77.8 Å². The maximum Gasteiger partial charge on any atom is 0.417 e. The molecule has 3 heterocycles. The number of hydrogen-bond donors (Lipinski definition) is 1. The molecule has 0 bridgehead atoms. The molecule has 2 atom stereocenters. The Bertz CT molecular complexity index is 1020. The fourth-order valence-corrected chi connectivity index (χ4v) is 3.24. The van der Waals surface area contributed by atoms with Gasteiger partial charge in [0.05, 0.1) is 18.4 Å². The van der Waals surface area contributed by atoms with Gasteiger partial charge in [0.15, 0.2) is 0 Å². The van der Waals surface area contributed by atoms with Crippen LogP contribution in [0.5, 0.6) is 5.88 Å². The van der Waals surface area contributed by atoms with E-state index in [-0.39, 0.29) is 11.8 Å². The predicted octanol–water partition coefficient (Wildman–Crippen LogP) is 3.73. The van der Waals surface area contributed by atoms with E-state index in [1.165, 1.54) is 6.07 Å². The Morgan fingerprint density at radius 1 is 1.23 bits per heavy atom. The molecule has 4 rings (SSSR count). The minimum absolute atomic E-state index is 0.110. The molecule has 7 nitrogen and oxygen atoms in total. The number of aromatic nitrogens is 5. The molecule has 10 heteroatoms. The van der Waals surface area contributed by atoms with Crippen molar-refractivity contribution in [1.82, 2.24) is 24.7 Å². The largest absolute Gasteiger partial charge is 0.477 e. The third kappa shape index (κ3) is 4.87. The van der Waals surface area contributed by atoms with E-state index in [9.17, 15) is 13.2 Å². The molecule has 1 aliphatic carbocycles. The number of aryl methyl sites for hydroxylation is 2. The SMILES string of the molecule is Cc1nc(NCc2cnn(C)c2)cc(OCC2CC2c2ccc(C(F)(F)F)cn2)n1. The van der Waals surface area contributed by atoms with E-state index in [2.05, 4.69) is 25.4 Å². The monoisotopic (exact) mass is 418 g/mol. The molecule has 0 spiro atoms. The lowest BCUT2D eigenvalue weighted by Gasteiger charge is -2.09. The van der Waals surface area contributed by atoms with Gasteiger partial charge >= 0.3 is 6.18 Å². The molecule has 0 aromatic carbocycles. The summed E-state index contributed by atoms with van der Waals surface area (Å²) in [6.07, 6.45) is 1.04. The van der Waals surface area contributed by atoms with Crippen LogP contribution >= 0.6 is 0 Å². The lowest BCUT2D eigenvalue weighted by atomic mass is 10.2. The Morgan fingerprint density at radius 2 is 2.07 bits per heavy atom. The molecule has 0 saturated heterocycles. The van der Waals surface area contributed by atoms with E-state index >= 15 is 0 Å². The Morgan fingerprint density at radius 3 is 2.73 bits per heavy atom. The number of anilines is 1. The standard InChI is InChI=1S/C20H21F3N6O/c1-12-27-18(25-7-13-8-26-29(2)10-13)6-19(28-12)30-11-14-5-16(14)17-4-3-15(9-24-17)20(21,22)23/h3-4,6,8-10,14,16H,5,7,11H2,1-2H3,(H,25,27,28). The Balaban J connectivity index is 1.31. The van der Waals surface area contributed by atoms with E-state index in [0.29, 0.717) is 36.4 Å². The molecule has 1 N–H and O–H groups in total. The summed E-state index contributed by atoms with van der Waals surface area (Å²) in [4.78, 5) is 12.6. The van der Waals surface area contributed by atoms with Crippen molar-refractivity contribution in [2.75, 3.05) is 11.9 Å². The van der Waals surface area contributed by atoms with Crippen molar-refractivity contribution in [3.63, 3.8) is 0 Å². The number of ether oxygens (including phenoxy) is 1. The van der Waals surface area contributed by atoms with Crippen LogP contribution in [0.2, 0.25) is 0 Å². The summed E-state index contributed by atoms with van der Waals surface area (Å²) in [5, 5.41) is 7.35. The lowest BCUT2D eigenvalue weighted by Crippen LogP contribution is -2.08. The van der Waals surface area contributed by atoms with E-state index in [1.54, 1.807) is 23.9 Å². The molecule has 30 heavy (non-hydrogen) atoms. The minimum Gasteiger partial charge on any atom is -0.477 e. The summed E-state index contributed by atoms with van der Waals surface area (Å²) in [6.45, 7) is 2.79. The summed E-state index contributed by atoms with van der Waals surface area (Å²) in [5.74, 6) is 2.01. The third-order valence-corrected chi connectivity index (χ3v) is 4.91. The van der Waals surface area contributed by atoms with Gasteiger partial charge < -0.3 is 10.1 Å². The van der Waals surface area contributed by atoms with Gasteiger partial charge in [-0.1, -0.05) is 0 Å². The van der Waals surface area contributed by atoms with Crippen molar-refractivity contribution in [2.24, 2.45) is 13.0 Å². The van der Waals surface area contributed by atoms with Crippen molar-refractivity contribution >= 4 is 5.82 Å². The van der Waals surface area contributed by atoms with Gasteiger partial charge in [0, 0.05) is 55.1 Å². The highest BCUT2D eigenvalue weighted by Gasteiger charge is 2.40. The number of pyridine rings is 1. The van der Waals surface area contributed by atoms with Gasteiger partial charge in [-0.3, -0.25) is 9.67 Å². The molecule has 2 unspecified atom stereocenters. The molecule has 0 radical (unpaired) electrons. The number of nitrogens with zero attached hydrogens (tertiary/aromatic N) is 5. The zero-order valence-electron chi connectivity index (χ0n) is 16.5. The molecule has 1 fully saturated rings. The highest BCUT2D eigenvalue weighted by molar-refractivity contribution is 5.39. The van der Waals surface area contributed by atoms with Crippen molar-refractivity contribution in [3.8, 4) is 5.88 Å². The Hall–Kier alpha value is -3.17. The fraction of sp³-hybridized carbons (Fsp3) is 0.400. The molecular weight excluding hydrogens is 397 g/mol.